The summed E-state index contributed by atoms with van der Waals surface area (Å²) in [6.07, 6.45) is -4.97. The molecule has 1 heterocycles. The van der Waals surface area contributed by atoms with Gasteiger partial charge >= 0.3 is 6.18 Å². The summed E-state index contributed by atoms with van der Waals surface area (Å²) in [5, 5.41) is 3.31. The monoisotopic (exact) mass is 378 g/mol. The molecule has 0 saturated carbocycles. The fourth-order valence-corrected chi connectivity index (χ4v) is 3.98. The number of hydrogen-bond donors (Lipinski definition) is 2. The van der Waals surface area contributed by atoms with E-state index >= 15 is 0 Å². The molecule has 10 heteroatoms. The summed E-state index contributed by atoms with van der Waals surface area (Å²) in [4.78, 5) is 10.6. The smallest absolute Gasteiger partial charge is 0.370 e. The van der Waals surface area contributed by atoms with Gasteiger partial charge in [-0.1, -0.05) is 6.07 Å². The summed E-state index contributed by atoms with van der Waals surface area (Å²) in [7, 11) is -4.27. The van der Waals surface area contributed by atoms with Gasteiger partial charge in [-0.2, -0.15) is 24.5 Å². The molecule has 1 atom stereocenters. The number of nitrogens with two attached hydrogens (primary N) is 1. The van der Waals surface area contributed by atoms with Gasteiger partial charge in [-0.3, -0.25) is 4.79 Å². The van der Waals surface area contributed by atoms with Crippen LogP contribution in [0, 0.1) is 0 Å². The SMILES string of the molecule is NC(=O)CC(NS(=O)(=O)c1cccc(C(F)(F)F)c1)c1ccsc1. The number of primary amides is 1. The van der Waals surface area contributed by atoms with Crippen molar-refractivity contribution in [3.63, 3.8) is 0 Å². The Morgan fingerprint density at radius 2 is 2.00 bits per heavy atom. The minimum Gasteiger partial charge on any atom is -0.370 e. The van der Waals surface area contributed by atoms with Crippen LogP contribution in [0.25, 0.3) is 0 Å². The maximum atomic E-state index is 12.7. The number of carbonyl (C=O) groups is 1. The predicted octanol–water partition coefficient (Wildman–Crippen LogP) is 2.66. The zero-order valence-corrected chi connectivity index (χ0v) is 13.7. The van der Waals surface area contributed by atoms with Crippen LogP contribution in [0.3, 0.4) is 0 Å². The Labute approximate surface area is 140 Å². The second kappa shape index (κ2) is 6.91. The number of rotatable bonds is 6. The highest BCUT2D eigenvalue weighted by Gasteiger charge is 2.32. The van der Waals surface area contributed by atoms with E-state index in [2.05, 4.69) is 4.72 Å². The Bertz CT molecular complexity index is 818. The molecule has 0 aliphatic heterocycles. The highest BCUT2D eigenvalue weighted by Crippen LogP contribution is 2.31. The first kappa shape index (κ1) is 18.4. The second-order valence-electron chi connectivity index (χ2n) is 4.93. The number of benzene rings is 1. The molecule has 1 amide bonds. The zero-order chi connectivity index (χ0) is 18.0. The van der Waals surface area contributed by atoms with E-state index in [9.17, 15) is 26.4 Å². The maximum absolute atomic E-state index is 12.7. The van der Waals surface area contributed by atoms with Crippen molar-refractivity contribution in [2.75, 3.05) is 0 Å². The van der Waals surface area contributed by atoms with Crippen LogP contribution in [0.2, 0.25) is 0 Å². The van der Waals surface area contributed by atoms with Gasteiger partial charge in [0, 0.05) is 6.42 Å². The average Bonchev–Trinajstić information content (AvgIpc) is 2.99. The van der Waals surface area contributed by atoms with Gasteiger partial charge in [0.25, 0.3) is 0 Å². The molecule has 24 heavy (non-hydrogen) atoms. The third kappa shape index (κ3) is 4.56. The van der Waals surface area contributed by atoms with Crippen molar-refractivity contribution in [2.24, 2.45) is 5.73 Å². The Morgan fingerprint density at radius 3 is 2.54 bits per heavy atom. The van der Waals surface area contributed by atoms with Crippen LogP contribution in [-0.2, 0) is 21.0 Å². The molecule has 2 aromatic rings. The van der Waals surface area contributed by atoms with Crippen molar-refractivity contribution in [3.8, 4) is 0 Å². The molecule has 0 radical (unpaired) electrons. The van der Waals surface area contributed by atoms with Gasteiger partial charge in [-0.25, -0.2) is 13.1 Å². The summed E-state index contributed by atoms with van der Waals surface area (Å²) in [6.45, 7) is 0. The highest BCUT2D eigenvalue weighted by molar-refractivity contribution is 7.89. The molecule has 5 nitrogen and oxygen atoms in total. The third-order valence-corrected chi connectivity index (χ3v) is 5.29. The maximum Gasteiger partial charge on any atom is 0.416 e. The number of hydrogen-bond acceptors (Lipinski definition) is 4. The molecule has 1 aromatic heterocycles. The number of nitrogens with one attached hydrogen (secondary N) is 1. The van der Waals surface area contributed by atoms with Gasteiger partial charge in [0.15, 0.2) is 0 Å². The minimum atomic E-state index is -4.66. The summed E-state index contributed by atoms with van der Waals surface area (Å²) < 4.78 is 65.2. The van der Waals surface area contributed by atoms with Crippen molar-refractivity contribution < 1.29 is 26.4 Å². The van der Waals surface area contributed by atoms with E-state index in [0.717, 1.165) is 18.2 Å². The van der Waals surface area contributed by atoms with Crippen LogP contribution in [0.5, 0.6) is 0 Å². The zero-order valence-electron chi connectivity index (χ0n) is 12.1. The van der Waals surface area contributed by atoms with Crippen LogP contribution in [0.15, 0.2) is 46.0 Å². The fraction of sp³-hybridized carbons (Fsp3) is 0.214. The van der Waals surface area contributed by atoms with Gasteiger partial charge < -0.3 is 5.73 Å². The first-order valence-electron chi connectivity index (χ1n) is 6.59. The van der Waals surface area contributed by atoms with Crippen molar-refractivity contribution in [2.45, 2.75) is 23.5 Å². The number of halogens is 3. The van der Waals surface area contributed by atoms with Crippen LogP contribution >= 0.6 is 11.3 Å². The Morgan fingerprint density at radius 1 is 1.29 bits per heavy atom. The van der Waals surface area contributed by atoms with E-state index < -0.39 is 38.6 Å². The van der Waals surface area contributed by atoms with Crippen molar-refractivity contribution in [1.82, 2.24) is 4.72 Å². The molecule has 0 saturated heterocycles. The summed E-state index contributed by atoms with van der Waals surface area (Å²) in [5.41, 5.74) is 4.55. The van der Waals surface area contributed by atoms with E-state index in [1.165, 1.54) is 11.3 Å². The van der Waals surface area contributed by atoms with Crippen molar-refractivity contribution in [1.29, 1.82) is 0 Å². The molecule has 0 spiro atoms. The van der Waals surface area contributed by atoms with Gasteiger partial charge in [0.2, 0.25) is 15.9 Å². The molecular formula is C14H13F3N2O3S2. The van der Waals surface area contributed by atoms with Gasteiger partial charge in [-0.15, -0.1) is 0 Å². The van der Waals surface area contributed by atoms with Crippen molar-refractivity contribution >= 4 is 27.3 Å². The van der Waals surface area contributed by atoms with Crippen LogP contribution in [0.4, 0.5) is 13.2 Å². The third-order valence-electron chi connectivity index (χ3n) is 3.12. The van der Waals surface area contributed by atoms with Crippen molar-refractivity contribution in [3.05, 3.63) is 52.2 Å². The number of amides is 1. The normalized spacial score (nSPS) is 13.6. The Kier molecular flexibility index (Phi) is 5.31. The van der Waals surface area contributed by atoms with E-state index in [4.69, 9.17) is 5.73 Å². The summed E-state index contributed by atoms with van der Waals surface area (Å²) in [5.74, 6) is -0.738. The quantitative estimate of drug-likeness (QED) is 0.810. The molecule has 0 aliphatic rings. The predicted molar refractivity (Wildman–Crippen MR) is 82.6 cm³/mol. The number of sulfonamides is 1. The minimum absolute atomic E-state index is 0.311. The van der Waals surface area contributed by atoms with E-state index in [0.29, 0.717) is 11.6 Å². The molecular weight excluding hydrogens is 365 g/mol. The van der Waals surface area contributed by atoms with E-state index in [1.807, 2.05) is 0 Å². The fourth-order valence-electron chi connectivity index (χ4n) is 2.00. The van der Waals surface area contributed by atoms with Gasteiger partial charge in [0.1, 0.15) is 0 Å². The highest BCUT2D eigenvalue weighted by atomic mass is 32.2. The summed E-state index contributed by atoms with van der Waals surface area (Å²) >= 11 is 1.29. The lowest BCUT2D eigenvalue weighted by Gasteiger charge is -2.17. The lowest BCUT2D eigenvalue weighted by atomic mass is 10.1. The topological polar surface area (TPSA) is 89.3 Å². The van der Waals surface area contributed by atoms with Crippen LogP contribution < -0.4 is 10.5 Å². The molecule has 1 aromatic carbocycles. The largest absolute Gasteiger partial charge is 0.416 e. The molecule has 0 aliphatic carbocycles. The molecule has 3 N–H and O–H groups in total. The van der Waals surface area contributed by atoms with Gasteiger partial charge in [-0.05, 0) is 40.6 Å². The Balaban J connectivity index is 2.34. The lowest BCUT2D eigenvalue weighted by molar-refractivity contribution is -0.137. The number of carbonyl (C=O) groups excluding carboxylic acids is 1. The average molecular weight is 378 g/mol. The first-order chi connectivity index (χ1) is 11.1. The number of thiophene rings is 1. The second-order valence-corrected chi connectivity index (χ2v) is 7.42. The van der Waals surface area contributed by atoms with Crippen LogP contribution in [0.1, 0.15) is 23.6 Å². The molecule has 1 unspecified atom stereocenters. The Hall–Kier alpha value is -1.91. The number of alkyl halides is 3. The van der Waals surface area contributed by atoms with E-state index in [-0.39, 0.29) is 6.42 Å². The van der Waals surface area contributed by atoms with Crippen LogP contribution in [-0.4, -0.2) is 14.3 Å². The first-order valence-corrected chi connectivity index (χ1v) is 9.02. The molecule has 0 fully saturated rings. The summed E-state index contributed by atoms with van der Waals surface area (Å²) in [6, 6.07) is 4.02. The van der Waals surface area contributed by atoms with Gasteiger partial charge in [0.05, 0.1) is 16.5 Å². The van der Waals surface area contributed by atoms with E-state index in [1.54, 1.807) is 16.8 Å². The molecule has 130 valence electrons. The standard InChI is InChI=1S/C14H13F3N2O3S2/c15-14(16,17)10-2-1-3-11(6-10)24(21,22)19-12(7-13(18)20)9-4-5-23-8-9/h1-6,8,12,19H,7H2,(H2,18,20). The molecule has 2 rings (SSSR count). The molecule has 0 bridgehead atoms. The lowest BCUT2D eigenvalue weighted by Crippen LogP contribution is -2.31.